The fourth-order valence-corrected chi connectivity index (χ4v) is 4.47. The topological polar surface area (TPSA) is 70.2 Å². The van der Waals surface area contributed by atoms with Crippen LogP contribution in [0.15, 0.2) is 0 Å². The second-order valence-electron chi connectivity index (χ2n) is 5.53. The molecule has 2 fully saturated rings. The summed E-state index contributed by atoms with van der Waals surface area (Å²) in [5.74, 6) is -0.224. The number of hydrogen-bond acceptors (Lipinski definition) is 5. The number of carbonyl (C=O) groups is 1. The van der Waals surface area contributed by atoms with Crippen LogP contribution < -0.4 is 0 Å². The van der Waals surface area contributed by atoms with Crippen molar-refractivity contribution in [1.82, 2.24) is 13.5 Å². The van der Waals surface area contributed by atoms with Gasteiger partial charge in [-0.15, -0.1) is 0 Å². The summed E-state index contributed by atoms with van der Waals surface area (Å²) in [5, 5.41) is 0. The maximum Gasteiger partial charge on any atom is 0.306 e. The van der Waals surface area contributed by atoms with E-state index in [0.29, 0.717) is 52.2 Å². The van der Waals surface area contributed by atoms with Gasteiger partial charge in [0.15, 0.2) is 0 Å². The number of hydrogen-bond donors (Lipinski definition) is 0. The van der Waals surface area contributed by atoms with Crippen LogP contribution in [0.1, 0.15) is 25.7 Å². The highest BCUT2D eigenvalue weighted by atomic mass is 32.2. The lowest BCUT2D eigenvalue weighted by Crippen LogP contribution is -2.54. The minimum atomic E-state index is -3.30. The van der Waals surface area contributed by atoms with Gasteiger partial charge in [0.2, 0.25) is 0 Å². The standard InChI is InChI=1S/C13H25N3O4S/c1-20-13(17)5-8-14-9-11-16(12-10-14)21(18,19)15-6-3-2-4-7-15/h2-12H2,1H3. The molecule has 0 atom stereocenters. The Hall–Kier alpha value is -0.700. The van der Waals surface area contributed by atoms with Gasteiger partial charge in [-0.3, -0.25) is 4.79 Å². The average Bonchev–Trinajstić information content (AvgIpc) is 2.53. The normalized spacial score (nSPS) is 23.1. The summed E-state index contributed by atoms with van der Waals surface area (Å²) in [5.41, 5.74) is 0. The molecule has 2 aliphatic rings. The number of methoxy groups -OCH3 is 1. The Labute approximate surface area is 127 Å². The number of rotatable bonds is 5. The molecule has 7 nitrogen and oxygen atoms in total. The van der Waals surface area contributed by atoms with Gasteiger partial charge in [0.25, 0.3) is 10.2 Å². The third-order valence-corrected chi connectivity index (χ3v) is 6.19. The van der Waals surface area contributed by atoms with E-state index in [9.17, 15) is 13.2 Å². The Bertz CT molecular complexity index is 440. The van der Waals surface area contributed by atoms with Crippen molar-refractivity contribution in [1.29, 1.82) is 0 Å². The fraction of sp³-hybridized carbons (Fsp3) is 0.923. The van der Waals surface area contributed by atoms with Crippen molar-refractivity contribution in [3.8, 4) is 0 Å². The highest BCUT2D eigenvalue weighted by Gasteiger charge is 2.32. The summed E-state index contributed by atoms with van der Waals surface area (Å²) in [4.78, 5) is 13.2. The minimum absolute atomic E-state index is 0.224. The predicted molar refractivity (Wildman–Crippen MR) is 79.0 cm³/mol. The van der Waals surface area contributed by atoms with Crippen molar-refractivity contribution in [2.45, 2.75) is 25.7 Å². The summed E-state index contributed by atoms with van der Waals surface area (Å²) in [7, 11) is -1.92. The molecule has 0 aromatic carbocycles. The smallest absolute Gasteiger partial charge is 0.306 e. The van der Waals surface area contributed by atoms with E-state index in [1.165, 1.54) is 7.11 Å². The molecule has 0 saturated carbocycles. The first-order chi connectivity index (χ1) is 10.0. The molecule has 0 unspecified atom stereocenters. The highest BCUT2D eigenvalue weighted by molar-refractivity contribution is 7.86. The van der Waals surface area contributed by atoms with E-state index in [-0.39, 0.29) is 5.97 Å². The predicted octanol–water partition coefficient (Wildman–Crippen LogP) is -0.102. The van der Waals surface area contributed by atoms with Crippen molar-refractivity contribution in [3.05, 3.63) is 0 Å². The molecule has 2 heterocycles. The lowest BCUT2D eigenvalue weighted by Gasteiger charge is -2.37. The van der Waals surface area contributed by atoms with E-state index in [4.69, 9.17) is 0 Å². The van der Waals surface area contributed by atoms with Crippen molar-refractivity contribution in [3.63, 3.8) is 0 Å². The largest absolute Gasteiger partial charge is 0.469 e. The zero-order chi connectivity index (χ0) is 15.3. The van der Waals surface area contributed by atoms with Crippen LogP contribution in [0.2, 0.25) is 0 Å². The fourth-order valence-electron chi connectivity index (χ4n) is 2.79. The van der Waals surface area contributed by atoms with Crippen LogP contribution in [0, 0.1) is 0 Å². The van der Waals surface area contributed by atoms with Crippen molar-refractivity contribution < 1.29 is 17.9 Å². The molecule has 122 valence electrons. The van der Waals surface area contributed by atoms with Gasteiger partial charge in [-0.2, -0.15) is 17.0 Å². The number of nitrogens with zero attached hydrogens (tertiary/aromatic N) is 3. The summed E-state index contributed by atoms with van der Waals surface area (Å²) in [6, 6.07) is 0. The van der Waals surface area contributed by atoms with Crippen LogP contribution in [0.4, 0.5) is 0 Å². The van der Waals surface area contributed by atoms with Crippen molar-refractivity contribution in [2.24, 2.45) is 0 Å². The van der Waals surface area contributed by atoms with E-state index in [2.05, 4.69) is 9.64 Å². The number of piperazine rings is 1. The molecule has 0 radical (unpaired) electrons. The molecule has 2 saturated heterocycles. The van der Waals surface area contributed by atoms with Gasteiger partial charge in [0, 0.05) is 45.8 Å². The van der Waals surface area contributed by atoms with Gasteiger partial charge in [0.1, 0.15) is 0 Å². The summed E-state index contributed by atoms with van der Waals surface area (Å²) >= 11 is 0. The van der Waals surface area contributed by atoms with Gasteiger partial charge in [0.05, 0.1) is 13.5 Å². The molecule has 0 N–H and O–H groups in total. The van der Waals surface area contributed by atoms with Crippen LogP contribution in [0.5, 0.6) is 0 Å². The lowest BCUT2D eigenvalue weighted by atomic mass is 10.2. The molecular weight excluding hydrogens is 294 g/mol. The molecule has 21 heavy (non-hydrogen) atoms. The van der Waals surface area contributed by atoms with Crippen molar-refractivity contribution in [2.75, 3.05) is 52.9 Å². The summed E-state index contributed by atoms with van der Waals surface area (Å²) in [6.07, 6.45) is 3.39. The monoisotopic (exact) mass is 319 g/mol. The molecule has 2 aliphatic heterocycles. The molecular formula is C13H25N3O4S. The Morgan fingerprint density at radius 1 is 0.952 bits per heavy atom. The van der Waals surface area contributed by atoms with Crippen LogP contribution >= 0.6 is 0 Å². The van der Waals surface area contributed by atoms with Gasteiger partial charge in [-0.1, -0.05) is 6.42 Å². The Balaban J connectivity index is 1.81. The Morgan fingerprint density at radius 3 is 2.10 bits per heavy atom. The average molecular weight is 319 g/mol. The zero-order valence-corrected chi connectivity index (χ0v) is 13.5. The van der Waals surface area contributed by atoms with Gasteiger partial charge in [-0.05, 0) is 12.8 Å². The first-order valence-electron chi connectivity index (χ1n) is 7.58. The maximum atomic E-state index is 12.5. The third kappa shape index (κ3) is 4.38. The van der Waals surface area contributed by atoms with Gasteiger partial charge < -0.3 is 9.64 Å². The molecule has 0 spiro atoms. The van der Waals surface area contributed by atoms with Crippen LogP contribution in [-0.4, -0.2) is 80.8 Å². The SMILES string of the molecule is COC(=O)CCN1CCN(S(=O)(=O)N2CCCCC2)CC1. The first-order valence-corrected chi connectivity index (χ1v) is 8.98. The van der Waals surface area contributed by atoms with Crippen LogP contribution in [0.3, 0.4) is 0 Å². The van der Waals surface area contributed by atoms with E-state index in [1.807, 2.05) is 0 Å². The molecule has 0 aromatic rings. The molecule has 0 aliphatic carbocycles. The Morgan fingerprint density at radius 2 is 1.52 bits per heavy atom. The third-order valence-electron chi connectivity index (χ3n) is 4.16. The molecule has 2 rings (SSSR count). The van der Waals surface area contributed by atoms with Gasteiger partial charge >= 0.3 is 5.97 Å². The molecule has 8 heteroatoms. The molecule has 0 aromatic heterocycles. The molecule has 0 amide bonds. The zero-order valence-electron chi connectivity index (χ0n) is 12.7. The second-order valence-corrected chi connectivity index (χ2v) is 7.46. The molecule has 0 bridgehead atoms. The van der Waals surface area contributed by atoms with Crippen LogP contribution in [0.25, 0.3) is 0 Å². The lowest BCUT2D eigenvalue weighted by molar-refractivity contribution is -0.141. The summed E-state index contributed by atoms with van der Waals surface area (Å²) < 4.78 is 32.8. The minimum Gasteiger partial charge on any atom is -0.469 e. The maximum absolute atomic E-state index is 12.5. The van der Waals surface area contributed by atoms with Gasteiger partial charge in [-0.25, -0.2) is 0 Å². The quantitative estimate of drug-likeness (QED) is 0.662. The number of esters is 1. The van der Waals surface area contributed by atoms with E-state index < -0.39 is 10.2 Å². The number of piperidine rings is 1. The highest BCUT2D eigenvalue weighted by Crippen LogP contribution is 2.18. The second kappa shape index (κ2) is 7.53. The van der Waals surface area contributed by atoms with Crippen molar-refractivity contribution >= 4 is 16.2 Å². The number of ether oxygens (including phenoxy) is 1. The number of carbonyl (C=O) groups excluding carboxylic acids is 1. The van der Waals surface area contributed by atoms with E-state index in [1.54, 1.807) is 8.61 Å². The van der Waals surface area contributed by atoms with Crippen LogP contribution in [-0.2, 0) is 19.7 Å². The summed E-state index contributed by atoms with van der Waals surface area (Å²) in [6.45, 7) is 4.26. The van der Waals surface area contributed by atoms with E-state index >= 15 is 0 Å². The van der Waals surface area contributed by atoms with E-state index in [0.717, 1.165) is 19.3 Å². The first kappa shape index (κ1) is 16.7. The Kier molecular flexibility index (Phi) is 5.98.